The molecular formula is C11H15N7O2. The summed E-state index contributed by atoms with van der Waals surface area (Å²) in [6.07, 6.45) is 7.30. The Balaban J connectivity index is 1.95. The zero-order valence-electron chi connectivity index (χ0n) is 11.0. The smallest absolute Gasteiger partial charge is 0.329 e. The molecule has 0 bridgehead atoms. The summed E-state index contributed by atoms with van der Waals surface area (Å²) in [7, 11) is 1.66. The van der Waals surface area contributed by atoms with E-state index in [1.165, 1.54) is 6.20 Å². The van der Waals surface area contributed by atoms with E-state index in [0.717, 1.165) is 13.0 Å². The van der Waals surface area contributed by atoms with Crippen LogP contribution in [0.3, 0.4) is 0 Å². The molecule has 2 aromatic heterocycles. The number of rotatable bonds is 7. The molecule has 0 aliphatic carbocycles. The Morgan fingerprint density at radius 3 is 3.00 bits per heavy atom. The third-order valence-electron chi connectivity index (χ3n) is 2.63. The third-order valence-corrected chi connectivity index (χ3v) is 2.63. The highest BCUT2D eigenvalue weighted by Crippen LogP contribution is 2.21. The van der Waals surface area contributed by atoms with Gasteiger partial charge in [-0.2, -0.15) is 4.98 Å². The summed E-state index contributed by atoms with van der Waals surface area (Å²) in [6.45, 7) is 1.35. The minimum absolute atomic E-state index is 0.133. The second-order valence-corrected chi connectivity index (χ2v) is 4.02. The van der Waals surface area contributed by atoms with E-state index in [9.17, 15) is 10.1 Å². The lowest BCUT2D eigenvalue weighted by molar-refractivity contribution is -0.384. The number of aromatic nitrogens is 4. The predicted octanol–water partition coefficient (Wildman–Crippen LogP) is 1.13. The van der Waals surface area contributed by atoms with E-state index >= 15 is 0 Å². The van der Waals surface area contributed by atoms with Crippen LogP contribution >= 0.6 is 0 Å². The standard InChI is InChI=1S/C11H15N7O2/c1-12-11-15-7-9(18(19)20)10(16-11)14-3-2-5-17-6-4-13-8-17/h4,6-8H,2-3,5H2,1H3,(H2,12,14,15,16). The number of anilines is 2. The summed E-state index contributed by atoms with van der Waals surface area (Å²) >= 11 is 0. The van der Waals surface area contributed by atoms with Crippen molar-refractivity contribution < 1.29 is 4.92 Å². The van der Waals surface area contributed by atoms with E-state index in [-0.39, 0.29) is 11.5 Å². The lowest BCUT2D eigenvalue weighted by atomic mass is 10.4. The first-order chi connectivity index (χ1) is 9.70. The van der Waals surface area contributed by atoms with Gasteiger partial charge in [-0.3, -0.25) is 10.1 Å². The van der Waals surface area contributed by atoms with Crippen LogP contribution in [-0.2, 0) is 6.54 Å². The molecule has 9 heteroatoms. The van der Waals surface area contributed by atoms with Crippen molar-refractivity contribution in [1.82, 2.24) is 19.5 Å². The molecule has 0 atom stereocenters. The highest BCUT2D eigenvalue weighted by Gasteiger charge is 2.16. The molecule has 106 valence electrons. The molecule has 0 aromatic carbocycles. The van der Waals surface area contributed by atoms with Crippen molar-refractivity contribution in [1.29, 1.82) is 0 Å². The van der Waals surface area contributed by atoms with E-state index < -0.39 is 4.92 Å². The Hall–Kier alpha value is -2.71. The molecule has 2 N–H and O–H groups in total. The lowest BCUT2D eigenvalue weighted by Gasteiger charge is -2.07. The summed E-state index contributed by atoms with van der Waals surface area (Å²) in [5.41, 5.74) is -0.133. The quantitative estimate of drug-likeness (QED) is 0.443. The second-order valence-electron chi connectivity index (χ2n) is 4.02. The Morgan fingerprint density at radius 2 is 2.35 bits per heavy atom. The van der Waals surface area contributed by atoms with Gasteiger partial charge in [0.2, 0.25) is 11.8 Å². The van der Waals surface area contributed by atoms with Crippen molar-refractivity contribution in [3.63, 3.8) is 0 Å². The van der Waals surface area contributed by atoms with Gasteiger partial charge in [0.15, 0.2) is 0 Å². The fraction of sp³-hybridized carbons (Fsp3) is 0.364. The van der Waals surface area contributed by atoms with Crippen molar-refractivity contribution in [2.24, 2.45) is 0 Å². The summed E-state index contributed by atoms with van der Waals surface area (Å²) in [4.78, 5) is 22.2. The summed E-state index contributed by atoms with van der Waals surface area (Å²) < 4.78 is 1.94. The lowest BCUT2D eigenvalue weighted by Crippen LogP contribution is -2.10. The molecule has 0 spiro atoms. The van der Waals surface area contributed by atoms with Gasteiger partial charge in [0.25, 0.3) is 0 Å². The fourth-order valence-corrected chi connectivity index (χ4v) is 1.65. The summed E-state index contributed by atoms with van der Waals surface area (Å²) in [6, 6.07) is 0. The van der Waals surface area contributed by atoms with Crippen molar-refractivity contribution in [3.8, 4) is 0 Å². The molecule has 0 amide bonds. The molecule has 0 aliphatic rings. The second kappa shape index (κ2) is 6.45. The van der Waals surface area contributed by atoms with Crippen molar-refractivity contribution in [3.05, 3.63) is 35.0 Å². The van der Waals surface area contributed by atoms with Gasteiger partial charge in [0.05, 0.1) is 11.3 Å². The highest BCUT2D eigenvalue weighted by molar-refractivity contribution is 5.56. The Bertz CT molecular complexity index is 570. The Kier molecular flexibility index (Phi) is 4.43. The van der Waals surface area contributed by atoms with Crippen LogP contribution in [0.25, 0.3) is 0 Å². The maximum absolute atomic E-state index is 10.9. The molecule has 20 heavy (non-hydrogen) atoms. The van der Waals surface area contributed by atoms with Gasteiger partial charge in [-0.15, -0.1) is 0 Å². The van der Waals surface area contributed by atoms with E-state index in [1.54, 1.807) is 19.6 Å². The Labute approximate surface area is 115 Å². The Morgan fingerprint density at radius 1 is 1.50 bits per heavy atom. The minimum atomic E-state index is -0.502. The van der Waals surface area contributed by atoms with Crippen molar-refractivity contribution in [2.45, 2.75) is 13.0 Å². The molecule has 2 rings (SSSR count). The van der Waals surface area contributed by atoms with Crippen LogP contribution in [0.2, 0.25) is 0 Å². The van der Waals surface area contributed by atoms with Crippen LogP contribution in [0, 0.1) is 10.1 Å². The van der Waals surface area contributed by atoms with Crippen LogP contribution in [0.15, 0.2) is 24.9 Å². The summed E-state index contributed by atoms with van der Waals surface area (Å²) in [5.74, 6) is 0.563. The maximum Gasteiger partial charge on any atom is 0.329 e. The zero-order chi connectivity index (χ0) is 14.4. The molecular weight excluding hydrogens is 262 g/mol. The fourth-order valence-electron chi connectivity index (χ4n) is 1.65. The first-order valence-corrected chi connectivity index (χ1v) is 6.09. The molecule has 0 radical (unpaired) electrons. The van der Waals surface area contributed by atoms with Gasteiger partial charge in [-0.25, -0.2) is 9.97 Å². The van der Waals surface area contributed by atoms with Crippen LogP contribution in [0.1, 0.15) is 6.42 Å². The van der Waals surface area contributed by atoms with E-state index in [0.29, 0.717) is 12.5 Å². The number of aryl methyl sites for hydroxylation is 1. The minimum Gasteiger partial charge on any atom is -0.364 e. The normalized spacial score (nSPS) is 10.2. The van der Waals surface area contributed by atoms with E-state index in [2.05, 4.69) is 25.6 Å². The number of imidazole rings is 1. The van der Waals surface area contributed by atoms with Gasteiger partial charge in [0, 0.05) is 32.5 Å². The molecule has 0 saturated carbocycles. The molecule has 0 aliphatic heterocycles. The molecule has 0 fully saturated rings. The number of nitro groups is 1. The van der Waals surface area contributed by atoms with E-state index in [4.69, 9.17) is 0 Å². The molecule has 0 unspecified atom stereocenters. The average molecular weight is 277 g/mol. The number of nitrogens with zero attached hydrogens (tertiary/aromatic N) is 5. The average Bonchev–Trinajstić information content (AvgIpc) is 2.96. The first kappa shape index (κ1) is 13.7. The number of nitrogens with one attached hydrogen (secondary N) is 2. The highest BCUT2D eigenvalue weighted by atomic mass is 16.6. The van der Waals surface area contributed by atoms with Crippen molar-refractivity contribution >= 4 is 17.5 Å². The first-order valence-electron chi connectivity index (χ1n) is 6.09. The van der Waals surface area contributed by atoms with Gasteiger partial charge in [0.1, 0.15) is 6.20 Å². The largest absolute Gasteiger partial charge is 0.364 e. The van der Waals surface area contributed by atoms with Gasteiger partial charge < -0.3 is 15.2 Å². The van der Waals surface area contributed by atoms with Crippen LogP contribution in [-0.4, -0.2) is 38.0 Å². The van der Waals surface area contributed by atoms with Crippen LogP contribution < -0.4 is 10.6 Å². The number of hydrogen-bond acceptors (Lipinski definition) is 7. The van der Waals surface area contributed by atoms with Crippen LogP contribution in [0.4, 0.5) is 17.5 Å². The summed E-state index contributed by atoms with van der Waals surface area (Å²) in [5, 5.41) is 16.6. The number of hydrogen-bond donors (Lipinski definition) is 2. The maximum atomic E-state index is 10.9. The predicted molar refractivity (Wildman–Crippen MR) is 73.6 cm³/mol. The van der Waals surface area contributed by atoms with Gasteiger partial charge in [-0.1, -0.05) is 0 Å². The molecule has 0 saturated heterocycles. The third kappa shape index (κ3) is 3.40. The SMILES string of the molecule is CNc1ncc([N+](=O)[O-])c(NCCCn2ccnc2)n1. The van der Waals surface area contributed by atoms with Gasteiger partial charge >= 0.3 is 5.69 Å². The zero-order valence-corrected chi connectivity index (χ0v) is 11.0. The van der Waals surface area contributed by atoms with Gasteiger partial charge in [-0.05, 0) is 6.42 Å². The topological polar surface area (TPSA) is 111 Å². The molecule has 2 heterocycles. The monoisotopic (exact) mass is 277 g/mol. The molecule has 2 aromatic rings. The van der Waals surface area contributed by atoms with Crippen LogP contribution in [0.5, 0.6) is 0 Å². The van der Waals surface area contributed by atoms with Crippen molar-refractivity contribution in [2.75, 3.05) is 24.2 Å². The van der Waals surface area contributed by atoms with E-state index in [1.807, 2.05) is 10.8 Å². The molecule has 9 nitrogen and oxygen atoms in total.